The van der Waals surface area contributed by atoms with Crippen LogP contribution in [0, 0.1) is 0 Å². The molecule has 162 valence electrons. The van der Waals surface area contributed by atoms with Gasteiger partial charge in [-0.1, -0.05) is 35.4 Å². The maximum Gasteiger partial charge on any atom is 0.305 e. The van der Waals surface area contributed by atoms with Crippen LogP contribution in [0.1, 0.15) is 26.3 Å². The summed E-state index contributed by atoms with van der Waals surface area (Å²) in [5.74, 6) is -1.92. The number of hydrogen-bond acceptors (Lipinski definition) is 9. The Hall–Kier alpha value is -3.14. The van der Waals surface area contributed by atoms with E-state index in [4.69, 9.17) is 29.2 Å². The van der Waals surface area contributed by atoms with Gasteiger partial charge >= 0.3 is 17.9 Å². The van der Waals surface area contributed by atoms with Crippen LogP contribution >= 0.6 is 0 Å². The monoisotopic (exact) mass is 421 g/mol. The van der Waals surface area contributed by atoms with Gasteiger partial charge in [-0.15, -0.1) is 0 Å². The van der Waals surface area contributed by atoms with E-state index in [2.05, 4.69) is 10.0 Å². The third-order valence-corrected chi connectivity index (χ3v) is 4.12. The molecule has 1 aliphatic heterocycles. The van der Waals surface area contributed by atoms with Gasteiger partial charge in [0.15, 0.2) is 0 Å². The van der Waals surface area contributed by atoms with Gasteiger partial charge in [0.25, 0.3) is 0 Å². The standard InChI is InChI=1S/C19H23N3O8/c1-11(23)26-10-15-17(28-12(2)24)16(21-22-20)18(19(30-15)29-13(3)25)27-9-14-7-5-4-6-8-14/h4-8,15-19H,9-10H2,1-3H3/t15?,16-,17+,18?,19-/m0/s1. The van der Waals surface area contributed by atoms with Gasteiger partial charge in [-0.3, -0.25) is 14.4 Å². The number of nitrogens with zero attached hydrogens (tertiary/aromatic N) is 3. The summed E-state index contributed by atoms with van der Waals surface area (Å²) in [7, 11) is 0. The first-order valence-corrected chi connectivity index (χ1v) is 9.14. The van der Waals surface area contributed by atoms with E-state index in [1.54, 1.807) is 0 Å². The number of carbonyl (C=O) groups excluding carboxylic acids is 3. The minimum atomic E-state index is -1.28. The van der Waals surface area contributed by atoms with Crippen LogP contribution in [-0.2, 0) is 44.7 Å². The number of hydrogen-bond donors (Lipinski definition) is 0. The molecule has 0 aliphatic carbocycles. The van der Waals surface area contributed by atoms with Crippen LogP contribution in [0.3, 0.4) is 0 Å². The molecule has 1 aliphatic rings. The molecule has 2 rings (SSSR count). The molecule has 0 aromatic heterocycles. The molecule has 11 nitrogen and oxygen atoms in total. The number of ether oxygens (including phenoxy) is 5. The van der Waals surface area contributed by atoms with Crippen molar-refractivity contribution in [3.05, 3.63) is 46.3 Å². The van der Waals surface area contributed by atoms with Gasteiger partial charge in [0.05, 0.1) is 6.61 Å². The molecule has 0 N–H and O–H groups in total. The SMILES string of the molecule is CC(=O)OCC1O[C@H](OC(C)=O)C(OCc2ccccc2)[C@@H](N=[N+]=[N-])[C@@H]1OC(C)=O. The molecule has 1 saturated heterocycles. The molecule has 0 saturated carbocycles. The van der Waals surface area contributed by atoms with Gasteiger partial charge < -0.3 is 23.7 Å². The highest BCUT2D eigenvalue weighted by atomic mass is 16.7. The second-order valence-corrected chi connectivity index (χ2v) is 6.49. The molecule has 1 heterocycles. The molecular weight excluding hydrogens is 398 g/mol. The average molecular weight is 421 g/mol. The topological polar surface area (TPSA) is 146 Å². The van der Waals surface area contributed by atoms with Crippen LogP contribution in [0.25, 0.3) is 10.4 Å². The third-order valence-electron chi connectivity index (χ3n) is 4.12. The molecule has 5 atom stereocenters. The van der Waals surface area contributed by atoms with Gasteiger partial charge in [0.2, 0.25) is 6.29 Å². The van der Waals surface area contributed by atoms with Crippen molar-refractivity contribution in [1.29, 1.82) is 0 Å². The Morgan fingerprint density at radius 2 is 1.70 bits per heavy atom. The van der Waals surface area contributed by atoms with E-state index >= 15 is 0 Å². The number of esters is 3. The van der Waals surface area contributed by atoms with Gasteiger partial charge in [-0.2, -0.15) is 0 Å². The first-order chi connectivity index (χ1) is 14.3. The molecule has 0 radical (unpaired) electrons. The Kier molecular flexibility index (Phi) is 8.60. The van der Waals surface area contributed by atoms with Crippen molar-refractivity contribution < 1.29 is 38.1 Å². The molecule has 0 spiro atoms. The molecular formula is C19H23N3O8. The fraction of sp³-hybridized carbons (Fsp3) is 0.526. The normalized spacial score (nSPS) is 25.5. The summed E-state index contributed by atoms with van der Waals surface area (Å²) in [6, 6.07) is 8.01. The number of benzene rings is 1. The quantitative estimate of drug-likeness (QED) is 0.204. The molecule has 1 aromatic carbocycles. The Labute approximate surface area is 172 Å². The van der Waals surface area contributed by atoms with E-state index in [-0.39, 0.29) is 13.2 Å². The summed E-state index contributed by atoms with van der Waals surface area (Å²) in [6.45, 7) is 3.33. The molecule has 0 amide bonds. The Balaban J connectivity index is 2.34. The fourth-order valence-corrected chi connectivity index (χ4v) is 2.96. The van der Waals surface area contributed by atoms with Crippen LogP contribution in [0.2, 0.25) is 0 Å². The zero-order valence-corrected chi connectivity index (χ0v) is 16.8. The van der Waals surface area contributed by atoms with E-state index in [0.717, 1.165) is 5.56 Å². The molecule has 0 bridgehead atoms. The smallest absolute Gasteiger partial charge is 0.305 e. The summed E-state index contributed by atoms with van der Waals surface area (Å²) in [5, 5.41) is 3.71. The van der Waals surface area contributed by atoms with Gasteiger partial charge in [-0.05, 0) is 11.1 Å². The maximum atomic E-state index is 11.6. The van der Waals surface area contributed by atoms with Crippen LogP contribution < -0.4 is 0 Å². The van der Waals surface area contributed by atoms with Crippen molar-refractivity contribution in [2.45, 2.75) is 58.0 Å². The lowest BCUT2D eigenvalue weighted by molar-refractivity contribution is -0.281. The summed E-state index contributed by atoms with van der Waals surface area (Å²) in [4.78, 5) is 37.3. The first kappa shape index (κ1) is 23.1. The van der Waals surface area contributed by atoms with Crippen molar-refractivity contribution in [1.82, 2.24) is 0 Å². The lowest BCUT2D eigenvalue weighted by Gasteiger charge is -2.43. The Morgan fingerprint density at radius 1 is 1.03 bits per heavy atom. The zero-order chi connectivity index (χ0) is 22.1. The van der Waals surface area contributed by atoms with Gasteiger partial charge in [0, 0.05) is 25.7 Å². The second kappa shape index (κ2) is 11.1. The summed E-state index contributed by atoms with van der Waals surface area (Å²) < 4.78 is 27.1. The van der Waals surface area contributed by atoms with Gasteiger partial charge in [-0.25, -0.2) is 0 Å². The molecule has 30 heavy (non-hydrogen) atoms. The van der Waals surface area contributed by atoms with Crippen molar-refractivity contribution >= 4 is 17.9 Å². The first-order valence-electron chi connectivity index (χ1n) is 9.14. The highest BCUT2D eigenvalue weighted by Gasteiger charge is 2.50. The largest absolute Gasteiger partial charge is 0.463 e. The second-order valence-electron chi connectivity index (χ2n) is 6.49. The van der Waals surface area contributed by atoms with Crippen LogP contribution in [0.4, 0.5) is 0 Å². The predicted molar refractivity (Wildman–Crippen MR) is 101 cm³/mol. The summed E-state index contributed by atoms with van der Waals surface area (Å²) in [6.07, 6.45) is -4.54. The third kappa shape index (κ3) is 6.73. The minimum Gasteiger partial charge on any atom is -0.463 e. The van der Waals surface area contributed by atoms with E-state index in [0.29, 0.717) is 0 Å². The number of azide groups is 1. The van der Waals surface area contributed by atoms with Crippen LogP contribution in [-0.4, -0.2) is 55.2 Å². The molecule has 1 aromatic rings. The number of rotatable bonds is 8. The maximum absolute atomic E-state index is 11.6. The van der Waals surface area contributed by atoms with Crippen molar-refractivity contribution in [3.8, 4) is 0 Å². The fourth-order valence-electron chi connectivity index (χ4n) is 2.96. The highest BCUT2D eigenvalue weighted by molar-refractivity contribution is 5.67. The number of carbonyl (C=O) groups is 3. The van der Waals surface area contributed by atoms with Gasteiger partial charge in [0.1, 0.15) is 31.0 Å². The lowest BCUT2D eigenvalue weighted by Crippen LogP contribution is -2.60. The van der Waals surface area contributed by atoms with E-state index in [9.17, 15) is 14.4 Å². The molecule has 2 unspecified atom stereocenters. The zero-order valence-electron chi connectivity index (χ0n) is 16.8. The predicted octanol–water partition coefficient (Wildman–Crippen LogP) is 2.03. The van der Waals surface area contributed by atoms with E-state index in [1.165, 1.54) is 20.8 Å². The Morgan fingerprint density at radius 3 is 2.27 bits per heavy atom. The van der Waals surface area contributed by atoms with Crippen LogP contribution in [0.5, 0.6) is 0 Å². The molecule has 11 heteroatoms. The highest BCUT2D eigenvalue weighted by Crippen LogP contribution is 2.30. The van der Waals surface area contributed by atoms with Crippen LogP contribution in [0.15, 0.2) is 35.4 Å². The van der Waals surface area contributed by atoms with Crippen molar-refractivity contribution in [3.63, 3.8) is 0 Å². The molecule has 1 fully saturated rings. The Bertz CT molecular complexity index is 796. The van der Waals surface area contributed by atoms with Crippen molar-refractivity contribution in [2.24, 2.45) is 5.11 Å². The summed E-state index contributed by atoms with van der Waals surface area (Å²) in [5.41, 5.74) is 9.88. The lowest BCUT2D eigenvalue weighted by atomic mass is 9.96. The minimum absolute atomic E-state index is 0.0888. The summed E-state index contributed by atoms with van der Waals surface area (Å²) >= 11 is 0. The van der Waals surface area contributed by atoms with E-state index < -0.39 is 48.6 Å². The van der Waals surface area contributed by atoms with E-state index in [1.807, 2.05) is 30.3 Å². The van der Waals surface area contributed by atoms with Crippen molar-refractivity contribution in [2.75, 3.05) is 6.61 Å². The average Bonchev–Trinajstić information content (AvgIpc) is 2.68.